The van der Waals surface area contributed by atoms with E-state index in [-0.39, 0.29) is 0 Å². The molecule has 1 atom stereocenters. The summed E-state index contributed by atoms with van der Waals surface area (Å²) in [5.41, 5.74) is 5.66. The molecule has 0 fully saturated rings. The van der Waals surface area contributed by atoms with E-state index >= 15 is 0 Å². The third-order valence-corrected chi connectivity index (χ3v) is 2.62. The molecular formula is C11H26N2. The minimum absolute atomic E-state index is 0.687. The average Bonchev–Trinajstić information content (AvgIpc) is 2.14. The lowest BCUT2D eigenvalue weighted by atomic mass is 10.1. The van der Waals surface area contributed by atoms with E-state index in [9.17, 15) is 0 Å². The highest BCUT2D eigenvalue weighted by Gasteiger charge is 2.06. The third-order valence-electron chi connectivity index (χ3n) is 2.62. The summed E-state index contributed by atoms with van der Waals surface area (Å²) < 4.78 is 0. The average molecular weight is 186 g/mol. The van der Waals surface area contributed by atoms with E-state index < -0.39 is 0 Å². The van der Waals surface area contributed by atoms with Crippen molar-refractivity contribution in [1.82, 2.24) is 4.90 Å². The van der Waals surface area contributed by atoms with Crippen molar-refractivity contribution in [2.75, 3.05) is 26.7 Å². The standard InChI is InChI=1S/C11H26N2/c1-4-6-7-8-13(3)10-11(5-2)9-12/h11H,4-10,12H2,1-3H3. The maximum atomic E-state index is 5.66. The van der Waals surface area contributed by atoms with Gasteiger partial charge in [-0.15, -0.1) is 0 Å². The fourth-order valence-electron chi connectivity index (χ4n) is 1.53. The highest BCUT2D eigenvalue weighted by molar-refractivity contribution is 4.62. The molecule has 0 aliphatic carbocycles. The molecule has 1 unspecified atom stereocenters. The molecule has 0 amide bonds. The SMILES string of the molecule is CCCCCN(C)CC(CC)CN. The number of unbranched alkanes of at least 4 members (excludes halogenated alkanes) is 2. The molecule has 0 rings (SSSR count). The molecule has 2 nitrogen and oxygen atoms in total. The van der Waals surface area contributed by atoms with E-state index in [1.54, 1.807) is 0 Å². The van der Waals surface area contributed by atoms with Crippen LogP contribution in [0.5, 0.6) is 0 Å². The first-order valence-corrected chi connectivity index (χ1v) is 5.63. The maximum Gasteiger partial charge on any atom is 0.00186 e. The van der Waals surface area contributed by atoms with Crippen molar-refractivity contribution >= 4 is 0 Å². The van der Waals surface area contributed by atoms with Gasteiger partial charge in [-0.25, -0.2) is 0 Å². The van der Waals surface area contributed by atoms with Crippen molar-refractivity contribution in [1.29, 1.82) is 0 Å². The lowest BCUT2D eigenvalue weighted by molar-refractivity contribution is 0.269. The smallest absolute Gasteiger partial charge is 0.00186 e. The summed E-state index contributed by atoms with van der Waals surface area (Å²) >= 11 is 0. The molecular weight excluding hydrogens is 160 g/mol. The second-order valence-corrected chi connectivity index (χ2v) is 3.98. The van der Waals surface area contributed by atoms with Gasteiger partial charge in [0.2, 0.25) is 0 Å². The molecule has 13 heavy (non-hydrogen) atoms. The minimum atomic E-state index is 0.687. The van der Waals surface area contributed by atoms with E-state index in [1.165, 1.54) is 32.2 Å². The van der Waals surface area contributed by atoms with Gasteiger partial charge in [0.1, 0.15) is 0 Å². The number of nitrogens with two attached hydrogens (primary N) is 1. The van der Waals surface area contributed by atoms with Crippen LogP contribution in [0.2, 0.25) is 0 Å². The Hall–Kier alpha value is -0.0800. The first kappa shape index (κ1) is 12.9. The Labute approximate surface area is 83.5 Å². The van der Waals surface area contributed by atoms with Crippen LogP contribution in [0.15, 0.2) is 0 Å². The topological polar surface area (TPSA) is 29.3 Å². The molecule has 0 aliphatic heterocycles. The maximum absolute atomic E-state index is 5.66. The third kappa shape index (κ3) is 7.03. The summed E-state index contributed by atoms with van der Waals surface area (Å²) in [4.78, 5) is 2.41. The number of hydrogen-bond donors (Lipinski definition) is 1. The lowest BCUT2D eigenvalue weighted by Crippen LogP contribution is -2.30. The molecule has 0 bridgehead atoms. The van der Waals surface area contributed by atoms with Crippen LogP contribution in [0.4, 0.5) is 0 Å². The fraction of sp³-hybridized carbons (Fsp3) is 1.00. The Morgan fingerprint density at radius 2 is 1.92 bits per heavy atom. The summed E-state index contributed by atoms with van der Waals surface area (Å²) in [6.07, 6.45) is 5.19. The van der Waals surface area contributed by atoms with E-state index in [1.807, 2.05) is 0 Å². The van der Waals surface area contributed by atoms with Crippen molar-refractivity contribution in [2.24, 2.45) is 11.7 Å². The molecule has 0 aromatic carbocycles. The number of rotatable bonds is 8. The van der Waals surface area contributed by atoms with Crippen LogP contribution in [-0.2, 0) is 0 Å². The van der Waals surface area contributed by atoms with Crippen LogP contribution in [-0.4, -0.2) is 31.6 Å². The van der Waals surface area contributed by atoms with Crippen LogP contribution in [0.1, 0.15) is 39.5 Å². The number of nitrogens with zero attached hydrogens (tertiary/aromatic N) is 1. The Kier molecular flexibility index (Phi) is 8.46. The van der Waals surface area contributed by atoms with Gasteiger partial charge >= 0.3 is 0 Å². The molecule has 2 N–H and O–H groups in total. The second-order valence-electron chi connectivity index (χ2n) is 3.98. The quantitative estimate of drug-likeness (QED) is 0.588. The zero-order chi connectivity index (χ0) is 10.1. The molecule has 80 valence electrons. The van der Waals surface area contributed by atoms with Gasteiger partial charge in [0.25, 0.3) is 0 Å². The van der Waals surface area contributed by atoms with E-state index in [0.717, 1.165) is 13.1 Å². The van der Waals surface area contributed by atoms with Crippen LogP contribution >= 0.6 is 0 Å². The van der Waals surface area contributed by atoms with Crippen molar-refractivity contribution < 1.29 is 0 Å². The zero-order valence-electron chi connectivity index (χ0n) is 9.55. The Morgan fingerprint density at radius 3 is 2.38 bits per heavy atom. The highest BCUT2D eigenvalue weighted by Crippen LogP contribution is 2.03. The Bertz CT molecular complexity index is 100. The van der Waals surface area contributed by atoms with E-state index in [0.29, 0.717) is 5.92 Å². The van der Waals surface area contributed by atoms with Crippen molar-refractivity contribution in [3.05, 3.63) is 0 Å². The van der Waals surface area contributed by atoms with Crippen LogP contribution < -0.4 is 5.73 Å². The molecule has 0 heterocycles. The first-order valence-electron chi connectivity index (χ1n) is 5.63. The Balaban J connectivity index is 3.42. The molecule has 0 saturated heterocycles. The predicted molar refractivity (Wildman–Crippen MR) is 59.9 cm³/mol. The molecule has 0 aliphatic rings. The van der Waals surface area contributed by atoms with Gasteiger partial charge in [-0.3, -0.25) is 0 Å². The van der Waals surface area contributed by atoms with Gasteiger partial charge < -0.3 is 10.6 Å². The summed E-state index contributed by atoms with van der Waals surface area (Å²) in [7, 11) is 2.20. The largest absolute Gasteiger partial charge is 0.330 e. The molecule has 2 heteroatoms. The van der Waals surface area contributed by atoms with E-state index in [2.05, 4.69) is 25.8 Å². The summed E-state index contributed by atoms with van der Waals surface area (Å²) in [5, 5.41) is 0. The van der Waals surface area contributed by atoms with Crippen LogP contribution in [0.25, 0.3) is 0 Å². The van der Waals surface area contributed by atoms with Crippen LogP contribution in [0.3, 0.4) is 0 Å². The summed E-state index contributed by atoms with van der Waals surface area (Å²) in [5.74, 6) is 0.687. The van der Waals surface area contributed by atoms with E-state index in [4.69, 9.17) is 5.73 Å². The van der Waals surface area contributed by atoms with Gasteiger partial charge in [0.05, 0.1) is 0 Å². The fourth-order valence-corrected chi connectivity index (χ4v) is 1.53. The molecule has 0 aromatic rings. The molecule has 0 spiro atoms. The van der Waals surface area contributed by atoms with Gasteiger partial charge in [-0.05, 0) is 32.5 Å². The second kappa shape index (κ2) is 8.52. The monoisotopic (exact) mass is 186 g/mol. The molecule has 0 radical (unpaired) electrons. The van der Waals surface area contributed by atoms with Gasteiger partial charge in [0.15, 0.2) is 0 Å². The Morgan fingerprint density at radius 1 is 1.23 bits per heavy atom. The molecule has 0 aromatic heterocycles. The van der Waals surface area contributed by atoms with Crippen molar-refractivity contribution in [3.8, 4) is 0 Å². The van der Waals surface area contributed by atoms with Crippen molar-refractivity contribution in [2.45, 2.75) is 39.5 Å². The van der Waals surface area contributed by atoms with Gasteiger partial charge in [0, 0.05) is 6.54 Å². The van der Waals surface area contributed by atoms with Gasteiger partial charge in [-0.1, -0.05) is 33.1 Å². The predicted octanol–water partition coefficient (Wildman–Crippen LogP) is 2.09. The summed E-state index contributed by atoms with van der Waals surface area (Å²) in [6.45, 7) is 7.68. The number of hydrogen-bond acceptors (Lipinski definition) is 2. The highest BCUT2D eigenvalue weighted by atomic mass is 15.1. The normalized spacial score (nSPS) is 13.6. The molecule has 0 saturated carbocycles. The summed E-state index contributed by atoms with van der Waals surface area (Å²) in [6, 6.07) is 0. The van der Waals surface area contributed by atoms with Gasteiger partial charge in [-0.2, -0.15) is 0 Å². The lowest BCUT2D eigenvalue weighted by Gasteiger charge is -2.21. The van der Waals surface area contributed by atoms with Crippen molar-refractivity contribution in [3.63, 3.8) is 0 Å². The first-order chi connectivity index (χ1) is 6.24. The van der Waals surface area contributed by atoms with Crippen LogP contribution in [0, 0.1) is 5.92 Å². The zero-order valence-corrected chi connectivity index (χ0v) is 9.55. The minimum Gasteiger partial charge on any atom is -0.330 e.